The summed E-state index contributed by atoms with van der Waals surface area (Å²) in [5, 5.41) is 10.8. The summed E-state index contributed by atoms with van der Waals surface area (Å²) in [7, 11) is -2.71. The van der Waals surface area contributed by atoms with Gasteiger partial charge in [0.05, 0.1) is 16.4 Å². The van der Waals surface area contributed by atoms with Gasteiger partial charge < -0.3 is 10.6 Å². The zero-order chi connectivity index (χ0) is 19.5. The van der Waals surface area contributed by atoms with Crippen molar-refractivity contribution in [3.63, 3.8) is 0 Å². The lowest BCUT2D eigenvalue weighted by Crippen LogP contribution is -2.48. The maximum absolute atomic E-state index is 12.6. The number of hydrogen-bond donors (Lipinski definition) is 1. The molecule has 9 nitrogen and oxygen atoms in total. The van der Waals surface area contributed by atoms with E-state index < -0.39 is 14.9 Å². The average Bonchev–Trinajstić information content (AvgIpc) is 2.61. The van der Waals surface area contributed by atoms with Crippen molar-refractivity contribution < 1.29 is 18.1 Å². The molecule has 152 valence electrons. The molecule has 1 amide bonds. The average molecular weight is 421 g/mol. The molecule has 27 heavy (non-hydrogen) atoms. The maximum Gasteiger partial charge on any atom is 0.270 e. The lowest BCUT2D eigenvalue weighted by atomic mass is 9.92. The van der Waals surface area contributed by atoms with Crippen molar-refractivity contribution in [3.8, 4) is 0 Å². The van der Waals surface area contributed by atoms with Crippen LogP contribution in [0.2, 0.25) is 0 Å². The van der Waals surface area contributed by atoms with Crippen LogP contribution in [0.3, 0.4) is 0 Å². The predicted molar refractivity (Wildman–Crippen MR) is 103 cm³/mol. The highest BCUT2D eigenvalue weighted by Crippen LogP contribution is 2.22. The number of likely N-dealkylation sites (N-methyl/N-ethyl adjacent to an activating group) is 1. The van der Waals surface area contributed by atoms with E-state index in [1.165, 1.54) is 25.2 Å². The first-order chi connectivity index (χ1) is 12.1. The summed E-state index contributed by atoms with van der Waals surface area (Å²) < 4.78 is 26.1. The first-order valence-corrected chi connectivity index (χ1v) is 9.81. The highest BCUT2D eigenvalue weighted by atomic mass is 35.5. The molecule has 0 aromatic heterocycles. The van der Waals surface area contributed by atoms with E-state index >= 15 is 0 Å². The van der Waals surface area contributed by atoms with Crippen molar-refractivity contribution in [2.45, 2.75) is 30.7 Å². The standard InChI is InChI=1S/C16H24N4O5S.ClH/c1-12(17)13-5-4-8-19(10-13)16(21)11-18(2)26(24,25)15-7-3-6-14(9-15)20(22)23;/h3,6-7,9,12-13H,4-5,8,10-11,17H2,1-2H3;1H. The van der Waals surface area contributed by atoms with Gasteiger partial charge in [-0.1, -0.05) is 6.07 Å². The molecule has 0 spiro atoms. The summed E-state index contributed by atoms with van der Waals surface area (Å²) in [5.74, 6) is -0.0988. The van der Waals surface area contributed by atoms with Crippen LogP contribution in [0, 0.1) is 16.0 Å². The number of nitro groups is 1. The summed E-state index contributed by atoms with van der Waals surface area (Å²) in [6.07, 6.45) is 1.78. The largest absolute Gasteiger partial charge is 0.341 e. The van der Waals surface area contributed by atoms with Gasteiger partial charge in [-0.2, -0.15) is 4.31 Å². The van der Waals surface area contributed by atoms with Crippen LogP contribution in [0.4, 0.5) is 5.69 Å². The van der Waals surface area contributed by atoms with E-state index in [-0.39, 0.29) is 47.4 Å². The summed E-state index contributed by atoms with van der Waals surface area (Å²) >= 11 is 0. The second-order valence-electron chi connectivity index (χ2n) is 6.62. The van der Waals surface area contributed by atoms with Crippen molar-refractivity contribution in [3.05, 3.63) is 34.4 Å². The number of nitrogens with zero attached hydrogens (tertiary/aromatic N) is 3. The second kappa shape index (κ2) is 9.45. The lowest BCUT2D eigenvalue weighted by Gasteiger charge is -2.35. The molecule has 2 rings (SSSR count). The number of nitro benzene ring substituents is 1. The van der Waals surface area contributed by atoms with Gasteiger partial charge in [-0.3, -0.25) is 14.9 Å². The van der Waals surface area contributed by atoms with E-state index in [2.05, 4.69) is 0 Å². The van der Waals surface area contributed by atoms with Crippen molar-refractivity contribution >= 4 is 34.0 Å². The third-order valence-corrected chi connectivity index (χ3v) is 6.45. The van der Waals surface area contributed by atoms with Crippen LogP contribution >= 0.6 is 12.4 Å². The van der Waals surface area contributed by atoms with Gasteiger partial charge in [0, 0.05) is 38.3 Å². The predicted octanol–water partition coefficient (Wildman–Crippen LogP) is 1.22. The Labute approximate surface area is 165 Å². The Kier molecular flexibility index (Phi) is 8.15. The Morgan fingerprint density at radius 3 is 2.74 bits per heavy atom. The number of sulfonamides is 1. The van der Waals surface area contributed by atoms with Crippen LogP contribution < -0.4 is 5.73 Å². The minimum Gasteiger partial charge on any atom is -0.341 e. The molecule has 11 heteroatoms. The van der Waals surface area contributed by atoms with E-state index in [1.807, 2.05) is 6.92 Å². The topological polar surface area (TPSA) is 127 Å². The molecule has 0 radical (unpaired) electrons. The number of halogens is 1. The van der Waals surface area contributed by atoms with Gasteiger partial charge in [-0.25, -0.2) is 8.42 Å². The van der Waals surface area contributed by atoms with E-state index in [0.717, 1.165) is 23.2 Å². The number of nitrogens with two attached hydrogens (primary N) is 1. The molecule has 1 saturated heterocycles. The highest BCUT2D eigenvalue weighted by Gasteiger charge is 2.29. The number of likely N-dealkylation sites (tertiary alicyclic amines) is 1. The zero-order valence-electron chi connectivity index (χ0n) is 15.3. The second-order valence-corrected chi connectivity index (χ2v) is 8.66. The molecule has 2 atom stereocenters. The first-order valence-electron chi connectivity index (χ1n) is 8.37. The van der Waals surface area contributed by atoms with Crippen LogP contribution in [-0.4, -0.2) is 61.2 Å². The van der Waals surface area contributed by atoms with E-state index in [0.29, 0.717) is 13.1 Å². The Bertz CT molecular complexity index is 787. The molecule has 0 aliphatic carbocycles. The van der Waals surface area contributed by atoms with Crippen molar-refractivity contribution in [1.82, 2.24) is 9.21 Å². The molecular weight excluding hydrogens is 396 g/mol. The quantitative estimate of drug-likeness (QED) is 0.544. The highest BCUT2D eigenvalue weighted by molar-refractivity contribution is 7.89. The molecular formula is C16H25ClN4O5S. The summed E-state index contributed by atoms with van der Waals surface area (Å²) in [6.45, 7) is 2.67. The van der Waals surface area contributed by atoms with Gasteiger partial charge in [0.15, 0.2) is 0 Å². The minimum atomic E-state index is -4.00. The van der Waals surface area contributed by atoms with Crippen LogP contribution in [-0.2, 0) is 14.8 Å². The smallest absolute Gasteiger partial charge is 0.270 e. The molecule has 0 bridgehead atoms. The van der Waals surface area contributed by atoms with E-state index in [4.69, 9.17) is 5.73 Å². The third kappa shape index (κ3) is 5.61. The van der Waals surface area contributed by atoms with Crippen molar-refractivity contribution in [2.75, 3.05) is 26.7 Å². The molecule has 2 N–H and O–H groups in total. The fourth-order valence-corrected chi connectivity index (χ4v) is 4.14. The lowest BCUT2D eigenvalue weighted by molar-refractivity contribution is -0.385. The summed E-state index contributed by atoms with van der Waals surface area (Å²) in [4.78, 5) is 24.1. The normalized spacial score (nSPS) is 18.7. The zero-order valence-corrected chi connectivity index (χ0v) is 16.9. The van der Waals surface area contributed by atoms with Gasteiger partial charge in [0.1, 0.15) is 0 Å². The Morgan fingerprint density at radius 2 is 2.15 bits per heavy atom. The van der Waals surface area contributed by atoms with Gasteiger partial charge >= 0.3 is 0 Å². The SMILES string of the molecule is CC(N)C1CCCN(C(=O)CN(C)S(=O)(=O)c2cccc([N+](=O)[O-])c2)C1.Cl. The number of amides is 1. The molecule has 0 saturated carbocycles. The van der Waals surface area contributed by atoms with Crippen LogP contribution in [0.1, 0.15) is 19.8 Å². The van der Waals surface area contributed by atoms with Crippen LogP contribution in [0.25, 0.3) is 0 Å². The van der Waals surface area contributed by atoms with Crippen LogP contribution in [0.15, 0.2) is 29.2 Å². The molecule has 1 aromatic carbocycles. The number of benzene rings is 1. The fraction of sp³-hybridized carbons (Fsp3) is 0.562. The molecule has 1 aromatic rings. The molecule has 2 unspecified atom stereocenters. The van der Waals surface area contributed by atoms with Crippen molar-refractivity contribution in [1.29, 1.82) is 0 Å². The van der Waals surface area contributed by atoms with E-state index in [1.54, 1.807) is 4.90 Å². The number of hydrogen-bond acceptors (Lipinski definition) is 6. The van der Waals surface area contributed by atoms with Crippen LogP contribution in [0.5, 0.6) is 0 Å². The monoisotopic (exact) mass is 420 g/mol. The number of non-ortho nitro benzene ring substituents is 1. The molecule has 1 aliphatic heterocycles. The molecule has 1 heterocycles. The molecule has 1 fully saturated rings. The van der Waals surface area contributed by atoms with E-state index in [9.17, 15) is 23.3 Å². The minimum absolute atomic E-state index is 0. The Balaban J connectivity index is 0.00000364. The van der Waals surface area contributed by atoms with Gasteiger partial charge in [0.25, 0.3) is 5.69 Å². The van der Waals surface area contributed by atoms with Gasteiger partial charge in [-0.05, 0) is 31.7 Å². The Morgan fingerprint density at radius 1 is 1.48 bits per heavy atom. The summed E-state index contributed by atoms with van der Waals surface area (Å²) in [6, 6.07) is 4.75. The van der Waals surface area contributed by atoms with Crippen molar-refractivity contribution in [2.24, 2.45) is 11.7 Å². The van der Waals surface area contributed by atoms with Gasteiger partial charge in [0.2, 0.25) is 15.9 Å². The summed E-state index contributed by atoms with van der Waals surface area (Å²) in [5.41, 5.74) is 5.60. The molecule has 1 aliphatic rings. The fourth-order valence-electron chi connectivity index (χ4n) is 2.98. The number of piperidine rings is 1. The first kappa shape index (κ1) is 23.3. The number of rotatable bonds is 6. The number of carbonyl (C=O) groups is 1. The maximum atomic E-state index is 12.6. The van der Waals surface area contributed by atoms with Gasteiger partial charge in [-0.15, -0.1) is 12.4 Å². The Hall–Kier alpha value is -1.75. The third-order valence-electron chi connectivity index (χ3n) is 4.65. The number of carbonyl (C=O) groups excluding carboxylic acids is 1.